The minimum atomic E-state index is -1.01. The molecule has 0 bridgehead atoms. The largest absolute Gasteiger partial charge is 0.480 e. The van der Waals surface area contributed by atoms with E-state index >= 15 is 0 Å². The van der Waals surface area contributed by atoms with Gasteiger partial charge in [-0.15, -0.1) is 0 Å². The minimum Gasteiger partial charge on any atom is -0.480 e. The summed E-state index contributed by atoms with van der Waals surface area (Å²) in [6, 6.07) is -0.813. The molecule has 0 saturated carbocycles. The maximum absolute atomic E-state index is 12.5. The third-order valence-electron chi connectivity index (χ3n) is 8.75. The first-order chi connectivity index (χ1) is 22.4. The number of thiol groups is 1. The second kappa shape index (κ2) is 35.0. The van der Waals surface area contributed by atoms with Crippen molar-refractivity contribution in [1.82, 2.24) is 5.32 Å². The van der Waals surface area contributed by atoms with Gasteiger partial charge in [0, 0.05) is 31.6 Å². The third kappa shape index (κ3) is 31.3. The second-order valence-electron chi connectivity index (χ2n) is 13.2. The Bertz CT molecular complexity index is 663. The van der Waals surface area contributed by atoms with Crippen molar-refractivity contribution in [3.63, 3.8) is 0 Å². The van der Waals surface area contributed by atoms with Gasteiger partial charge in [0.25, 0.3) is 0 Å². The molecule has 0 aliphatic carbocycles. The SMILES string of the molecule is CCCCCCCCCCCCCCCC(=O)OC(CCN[C@@H](CS)C(=O)O)OC(=O)CCCCCCCCCCCCCCC. The van der Waals surface area contributed by atoms with Crippen molar-refractivity contribution in [2.24, 2.45) is 0 Å². The van der Waals surface area contributed by atoms with Crippen molar-refractivity contribution in [1.29, 1.82) is 0 Å². The van der Waals surface area contributed by atoms with E-state index in [1.807, 2.05) is 0 Å². The van der Waals surface area contributed by atoms with E-state index in [1.54, 1.807) is 0 Å². The molecule has 0 aromatic rings. The monoisotopic (exact) mass is 672 g/mol. The number of rotatable bonds is 36. The Hall–Kier alpha value is -1.28. The summed E-state index contributed by atoms with van der Waals surface area (Å²) in [5.41, 5.74) is 0. The molecule has 2 N–H and O–H groups in total. The Kier molecular flexibility index (Phi) is 34.1. The average molecular weight is 672 g/mol. The van der Waals surface area contributed by atoms with Crippen molar-refractivity contribution in [3.05, 3.63) is 0 Å². The first-order valence-electron chi connectivity index (χ1n) is 19.4. The Morgan fingerprint density at radius 2 is 0.848 bits per heavy atom. The van der Waals surface area contributed by atoms with Crippen LogP contribution in [0.2, 0.25) is 0 Å². The number of nitrogens with one attached hydrogen (secondary N) is 1. The van der Waals surface area contributed by atoms with E-state index in [-0.39, 0.29) is 30.7 Å². The summed E-state index contributed by atoms with van der Waals surface area (Å²) >= 11 is 4.07. The van der Waals surface area contributed by atoms with Crippen LogP contribution in [-0.4, -0.2) is 47.6 Å². The molecule has 0 aromatic carbocycles. The van der Waals surface area contributed by atoms with Gasteiger partial charge < -0.3 is 19.9 Å². The maximum atomic E-state index is 12.5. The average Bonchev–Trinajstić information content (AvgIpc) is 3.03. The molecule has 0 saturated heterocycles. The van der Waals surface area contributed by atoms with Crippen LogP contribution in [0.1, 0.15) is 200 Å². The smallest absolute Gasteiger partial charge is 0.321 e. The van der Waals surface area contributed by atoms with Crippen LogP contribution in [0.25, 0.3) is 0 Å². The minimum absolute atomic E-state index is 0.137. The summed E-state index contributed by atoms with van der Waals surface area (Å²) in [4.78, 5) is 36.4. The molecule has 0 unspecified atom stereocenters. The van der Waals surface area contributed by atoms with Gasteiger partial charge in [-0.05, 0) is 12.8 Å². The van der Waals surface area contributed by atoms with Gasteiger partial charge in [0.05, 0.1) is 0 Å². The van der Waals surface area contributed by atoms with Crippen LogP contribution in [0.4, 0.5) is 0 Å². The Morgan fingerprint density at radius 3 is 1.13 bits per heavy atom. The number of unbranched alkanes of at least 4 members (excludes halogenated alkanes) is 24. The molecule has 8 heteroatoms. The van der Waals surface area contributed by atoms with Gasteiger partial charge in [-0.1, -0.05) is 168 Å². The lowest BCUT2D eigenvalue weighted by Crippen LogP contribution is -2.40. The molecule has 0 aliphatic rings. The number of esters is 2. The molecule has 0 fully saturated rings. The standard InChI is InChI=1S/C38H73NO6S/c1-3-5-7-9-11-13-15-17-19-21-23-25-27-29-35(40)44-37(31-32-39-34(33-46)38(42)43)45-36(41)30-28-26-24-22-20-18-16-14-12-10-8-6-4-2/h34,37,39,46H,3-33H2,1-2H3,(H,42,43)/t34-/m0/s1. The highest BCUT2D eigenvalue weighted by Crippen LogP contribution is 2.16. The Balaban J connectivity index is 4.17. The van der Waals surface area contributed by atoms with E-state index < -0.39 is 18.3 Å². The van der Waals surface area contributed by atoms with Crippen LogP contribution in [0.5, 0.6) is 0 Å². The lowest BCUT2D eigenvalue weighted by Gasteiger charge is -2.20. The molecule has 272 valence electrons. The number of aliphatic carboxylic acids is 1. The van der Waals surface area contributed by atoms with Crippen LogP contribution >= 0.6 is 12.6 Å². The predicted molar refractivity (Wildman–Crippen MR) is 194 cm³/mol. The van der Waals surface area contributed by atoms with Gasteiger partial charge >= 0.3 is 17.9 Å². The summed E-state index contributed by atoms with van der Waals surface area (Å²) in [6.07, 6.45) is 31.9. The molecular formula is C38H73NO6S. The van der Waals surface area contributed by atoms with Crippen LogP contribution in [0.3, 0.4) is 0 Å². The lowest BCUT2D eigenvalue weighted by molar-refractivity contribution is -0.189. The lowest BCUT2D eigenvalue weighted by atomic mass is 10.0. The first kappa shape index (κ1) is 44.7. The third-order valence-corrected chi connectivity index (χ3v) is 9.11. The molecular weight excluding hydrogens is 598 g/mol. The van der Waals surface area contributed by atoms with Crippen LogP contribution < -0.4 is 5.32 Å². The predicted octanol–water partition coefficient (Wildman–Crippen LogP) is 10.7. The normalized spacial score (nSPS) is 12.0. The van der Waals surface area contributed by atoms with Crippen molar-refractivity contribution in [2.75, 3.05) is 12.3 Å². The van der Waals surface area contributed by atoms with E-state index in [0.29, 0.717) is 12.8 Å². The molecule has 0 rings (SSSR count). The van der Waals surface area contributed by atoms with Gasteiger partial charge in [0.2, 0.25) is 6.29 Å². The molecule has 0 heterocycles. The number of carbonyl (C=O) groups is 3. The molecule has 0 spiro atoms. The van der Waals surface area contributed by atoms with Crippen molar-refractivity contribution in [2.45, 2.75) is 212 Å². The highest BCUT2D eigenvalue weighted by atomic mass is 32.1. The molecule has 0 aromatic heterocycles. The van der Waals surface area contributed by atoms with E-state index in [4.69, 9.17) is 9.47 Å². The maximum Gasteiger partial charge on any atom is 0.321 e. The van der Waals surface area contributed by atoms with E-state index in [1.165, 1.54) is 128 Å². The van der Waals surface area contributed by atoms with Crippen molar-refractivity contribution < 1.29 is 29.0 Å². The quantitative estimate of drug-likeness (QED) is 0.0264. The van der Waals surface area contributed by atoms with Gasteiger partial charge in [0.15, 0.2) is 0 Å². The summed E-state index contributed by atoms with van der Waals surface area (Å²) in [5.74, 6) is -1.60. The van der Waals surface area contributed by atoms with E-state index in [2.05, 4.69) is 31.8 Å². The van der Waals surface area contributed by atoms with Crippen molar-refractivity contribution >= 4 is 30.5 Å². The summed E-state index contributed by atoms with van der Waals surface area (Å²) in [5, 5.41) is 12.1. The van der Waals surface area contributed by atoms with Gasteiger partial charge in [-0.25, -0.2) is 0 Å². The summed E-state index contributed by atoms with van der Waals surface area (Å²) < 4.78 is 11.1. The fraction of sp³-hybridized carbons (Fsp3) is 0.921. The second-order valence-corrected chi connectivity index (χ2v) is 13.6. The van der Waals surface area contributed by atoms with Gasteiger partial charge in [0.1, 0.15) is 6.04 Å². The zero-order chi connectivity index (χ0) is 33.9. The topological polar surface area (TPSA) is 102 Å². The highest BCUT2D eigenvalue weighted by Gasteiger charge is 2.21. The molecule has 1 atom stereocenters. The fourth-order valence-corrected chi connectivity index (χ4v) is 6.02. The zero-order valence-electron chi connectivity index (χ0n) is 30.0. The van der Waals surface area contributed by atoms with Crippen molar-refractivity contribution in [3.8, 4) is 0 Å². The van der Waals surface area contributed by atoms with Crippen LogP contribution in [0.15, 0.2) is 0 Å². The Labute approximate surface area is 288 Å². The molecule has 46 heavy (non-hydrogen) atoms. The molecule has 0 amide bonds. The number of hydrogen-bond acceptors (Lipinski definition) is 7. The first-order valence-corrected chi connectivity index (χ1v) is 20.0. The number of ether oxygens (including phenoxy) is 2. The number of carboxylic acid groups (broad SMARTS) is 1. The highest BCUT2D eigenvalue weighted by molar-refractivity contribution is 7.80. The zero-order valence-corrected chi connectivity index (χ0v) is 30.9. The summed E-state index contributed by atoms with van der Waals surface area (Å²) in [6.45, 7) is 4.74. The van der Waals surface area contributed by atoms with E-state index in [0.717, 1.165) is 38.5 Å². The number of carbonyl (C=O) groups excluding carboxylic acids is 2. The molecule has 0 aliphatic heterocycles. The van der Waals surface area contributed by atoms with Gasteiger partial charge in [-0.3, -0.25) is 14.4 Å². The van der Waals surface area contributed by atoms with Gasteiger partial charge in [-0.2, -0.15) is 12.6 Å². The Morgan fingerprint density at radius 1 is 0.543 bits per heavy atom. The van der Waals surface area contributed by atoms with Crippen LogP contribution in [0, 0.1) is 0 Å². The fourth-order valence-electron chi connectivity index (χ4n) is 5.73. The van der Waals surface area contributed by atoms with Crippen LogP contribution in [-0.2, 0) is 23.9 Å². The molecule has 0 radical (unpaired) electrons. The molecule has 7 nitrogen and oxygen atoms in total. The van der Waals surface area contributed by atoms with E-state index in [9.17, 15) is 19.5 Å². The number of carboxylic acids is 1. The number of hydrogen-bond donors (Lipinski definition) is 3. The summed E-state index contributed by atoms with van der Waals surface area (Å²) in [7, 11) is 0.